The van der Waals surface area contributed by atoms with Crippen molar-refractivity contribution in [2.75, 3.05) is 13.7 Å². The molecule has 0 saturated carbocycles. The molecule has 0 spiro atoms. The molecule has 82 valence electrons. The van der Waals surface area contributed by atoms with E-state index in [4.69, 9.17) is 4.74 Å². The van der Waals surface area contributed by atoms with Crippen LogP contribution in [0.3, 0.4) is 0 Å². The highest BCUT2D eigenvalue weighted by molar-refractivity contribution is 5.76. The third-order valence-electron chi connectivity index (χ3n) is 2.88. The fraction of sp³-hybridized carbons (Fsp3) is 0.462. The van der Waals surface area contributed by atoms with Crippen LogP contribution in [0, 0.1) is 0 Å². The summed E-state index contributed by atoms with van der Waals surface area (Å²) in [6.07, 6.45) is 3.65. The molecule has 0 aromatic rings. The van der Waals surface area contributed by atoms with Gasteiger partial charge in [0.15, 0.2) is 0 Å². The zero-order valence-corrected chi connectivity index (χ0v) is 9.89. The van der Waals surface area contributed by atoms with Crippen molar-refractivity contribution in [1.29, 1.82) is 0 Å². The van der Waals surface area contributed by atoms with E-state index in [1.165, 1.54) is 16.7 Å². The minimum Gasteiger partial charge on any atom is -0.380 e. The molecule has 0 heterocycles. The zero-order valence-electron chi connectivity index (χ0n) is 9.89. The van der Waals surface area contributed by atoms with Crippen LogP contribution < -0.4 is 0 Å². The van der Waals surface area contributed by atoms with E-state index in [-0.39, 0.29) is 0 Å². The van der Waals surface area contributed by atoms with Crippen LogP contribution in [0.5, 0.6) is 0 Å². The number of aldehydes is 1. The van der Waals surface area contributed by atoms with E-state index in [9.17, 15) is 4.79 Å². The van der Waals surface area contributed by atoms with Gasteiger partial charge >= 0.3 is 0 Å². The van der Waals surface area contributed by atoms with Gasteiger partial charge in [-0.1, -0.05) is 11.6 Å². The number of allylic oxidation sites excluding steroid dienone is 4. The van der Waals surface area contributed by atoms with Crippen molar-refractivity contribution >= 4 is 6.29 Å². The smallest absolute Gasteiger partial charge is 0.146 e. The first-order chi connectivity index (χ1) is 7.10. The number of hydrogen-bond acceptors (Lipinski definition) is 2. The maximum Gasteiger partial charge on any atom is 0.146 e. The first kappa shape index (κ1) is 11.9. The molecule has 0 aliphatic heterocycles. The highest BCUT2D eigenvalue weighted by Gasteiger charge is 2.12. The standard InChI is InChI=1S/C13H18O2/c1-9-5-12(7-14)6-10(2)13(8-15-4)11(9)3/h6-7H,5,8H2,1-4H3. The fourth-order valence-electron chi connectivity index (χ4n) is 1.85. The average Bonchev–Trinajstić information content (AvgIpc) is 2.31. The maximum atomic E-state index is 10.8. The van der Waals surface area contributed by atoms with Gasteiger partial charge in [-0.15, -0.1) is 0 Å². The minimum absolute atomic E-state index is 0.609. The lowest BCUT2D eigenvalue weighted by atomic mass is 9.99. The molecule has 2 nitrogen and oxygen atoms in total. The van der Waals surface area contributed by atoms with Crippen molar-refractivity contribution in [1.82, 2.24) is 0 Å². The number of ether oxygens (including phenoxy) is 1. The van der Waals surface area contributed by atoms with Crippen LogP contribution in [0.4, 0.5) is 0 Å². The number of carbonyl (C=O) groups excluding carboxylic acids is 1. The van der Waals surface area contributed by atoms with Gasteiger partial charge in [-0.3, -0.25) is 4.79 Å². The van der Waals surface area contributed by atoms with E-state index in [0.29, 0.717) is 6.61 Å². The fourth-order valence-corrected chi connectivity index (χ4v) is 1.85. The van der Waals surface area contributed by atoms with E-state index < -0.39 is 0 Å². The number of hydrogen-bond donors (Lipinski definition) is 0. The van der Waals surface area contributed by atoms with Gasteiger partial charge in [0.05, 0.1) is 6.61 Å². The predicted molar refractivity (Wildman–Crippen MR) is 61.7 cm³/mol. The molecule has 0 radical (unpaired) electrons. The second kappa shape index (κ2) is 5.08. The molecule has 1 aliphatic carbocycles. The van der Waals surface area contributed by atoms with E-state index in [1.54, 1.807) is 7.11 Å². The first-order valence-corrected chi connectivity index (χ1v) is 5.11. The largest absolute Gasteiger partial charge is 0.380 e. The lowest BCUT2D eigenvalue weighted by Crippen LogP contribution is -1.99. The molecule has 0 atom stereocenters. The molecule has 1 aliphatic rings. The summed E-state index contributed by atoms with van der Waals surface area (Å²) in [5.41, 5.74) is 5.68. The Hall–Kier alpha value is -1.15. The van der Waals surface area contributed by atoms with Crippen molar-refractivity contribution < 1.29 is 9.53 Å². The van der Waals surface area contributed by atoms with Gasteiger partial charge in [0, 0.05) is 7.11 Å². The molecule has 0 amide bonds. The molecule has 0 fully saturated rings. The SMILES string of the molecule is COCC1=C(C)C=C(C=O)CC(C)=C1C. The summed E-state index contributed by atoms with van der Waals surface area (Å²) in [5.74, 6) is 0. The van der Waals surface area contributed by atoms with Crippen LogP contribution >= 0.6 is 0 Å². The van der Waals surface area contributed by atoms with Crippen molar-refractivity contribution in [3.8, 4) is 0 Å². The number of carbonyl (C=O) groups is 1. The van der Waals surface area contributed by atoms with Gasteiger partial charge in [-0.25, -0.2) is 0 Å². The summed E-state index contributed by atoms with van der Waals surface area (Å²) in [5, 5.41) is 0. The van der Waals surface area contributed by atoms with Crippen molar-refractivity contribution in [3.63, 3.8) is 0 Å². The Morgan fingerprint density at radius 2 is 2.07 bits per heavy atom. The molecule has 15 heavy (non-hydrogen) atoms. The Labute approximate surface area is 91.3 Å². The molecule has 0 N–H and O–H groups in total. The first-order valence-electron chi connectivity index (χ1n) is 5.11. The molecular weight excluding hydrogens is 188 g/mol. The Balaban J connectivity index is 3.21. The summed E-state index contributed by atoms with van der Waals surface area (Å²) < 4.78 is 5.19. The normalized spacial score (nSPS) is 17.7. The molecular formula is C13H18O2. The summed E-state index contributed by atoms with van der Waals surface area (Å²) in [6, 6.07) is 0. The predicted octanol–water partition coefficient (Wildman–Crippen LogP) is 2.81. The van der Waals surface area contributed by atoms with Crippen molar-refractivity contribution in [2.45, 2.75) is 27.2 Å². The third kappa shape index (κ3) is 2.66. The topological polar surface area (TPSA) is 26.3 Å². The second-order valence-electron chi connectivity index (χ2n) is 4.01. The molecule has 0 aromatic carbocycles. The van der Waals surface area contributed by atoms with E-state index in [1.807, 2.05) is 13.0 Å². The highest BCUT2D eigenvalue weighted by Crippen LogP contribution is 2.27. The quantitative estimate of drug-likeness (QED) is 0.664. The second-order valence-corrected chi connectivity index (χ2v) is 4.01. The van der Waals surface area contributed by atoms with Crippen LogP contribution in [0.2, 0.25) is 0 Å². The van der Waals surface area contributed by atoms with Gasteiger partial charge in [0.25, 0.3) is 0 Å². The van der Waals surface area contributed by atoms with Crippen LogP contribution in [0.25, 0.3) is 0 Å². The van der Waals surface area contributed by atoms with Gasteiger partial charge in [-0.2, -0.15) is 0 Å². The Bertz CT molecular complexity index is 357. The maximum absolute atomic E-state index is 10.8. The van der Waals surface area contributed by atoms with Crippen LogP contribution in [0.1, 0.15) is 27.2 Å². The zero-order chi connectivity index (χ0) is 11.4. The highest BCUT2D eigenvalue weighted by atomic mass is 16.5. The number of rotatable bonds is 3. The lowest BCUT2D eigenvalue weighted by molar-refractivity contribution is -0.105. The summed E-state index contributed by atoms with van der Waals surface area (Å²) in [4.78, 5) is 10.8. The van der Waals surface area contributed by atoms with E-state index in [2.05, 4.69) is 13.8 Å². The third-order valence-corrected chi connectivity index (χ3v) is 2.88. The minimum atomic E-state index is 0.609. The summed E-state index contributed by atoms with van der Waals surface area (Å²) in [7, 11) is 1.69. The van der Waals surface area contributed by atoms with Crippen molar-refractivity contribution in [3.05, 3.63) is 33.9 Å². The molecule has 0 saturated heterocycles. The van der Waals surface area contributed by atoms with Gasteiger partial charge in [0.1, 0.15) is 6.29 Å². The molecule has 2 heteroatoms. The van der Waals surface area contributed by atoms with Crippen LogP contribution in [-0.2, 0) is 9.53 Å². The van der Waals surface area contributed by atoms with Crippen LogP contribution in [-0.4, -0.2) is 20.0 Å². The molecule has 1 rings (SSSR count). The molecule has 0 bridgehead atoms. The Morgan fingerprint density at radius 3 is 2.60 bits per heavy atom. The number of methoxy groups -OCH3 is 1. The summed E-state index contributed by atoms with van der Waals surface area (Å²) >= 11 is 0. The Kier molecular flexibility index (Phi) is 4.04. The lowest BCUT2D eigenvalue weighted by Gasteiger charge is -2.10. The van der Waals surface area contributed by atoms with E-state index in [0.717, 1.165) is 23.9 Å². The van der Waals surface area contributed by atoms with Gasteiger partial charge in [0.2, 0.25) is 0 Å². The summed E-state index contributed by atoms with van der Waals surface area (Å²) in [6.45, 7) is 6.80. The monoisotopic (exact) mass is 206 g/mol. The van der Waals surface area contributed by atoms with E-state index >= 15 is 0 Å². The van der Waals surface area contributed by atoms with Gasteiger partial charge in [-0.05, 0) is 49.5 Å². The van der Waals surface area contributed by atoms with Crippen LogP contribution in [0.15, 0.2) is 33.9 Å². The van der Waals surface area contributed by atoms with Gasteiger partial charge < -0.3 is 4.74 Å². The molecule has 0 aromatic heterocycles. The Morgan fingerprint density at radius 1 is 1.40 bits per heavy atom. The van der Waals surface area contributed by atoms with Crippen molar-refractivity contribution in [2.24, 2.45) is 0 Å². The molecule has 0 unspecified atom stereocenters. The average molecular weight is 206 g/mol.